The van der Waals surface area contributed by atoms with Crippen LogP contribution in [0.1, 0.15) is 22.5 Å². The molecule has 2 aromatic rings. The van der Waals surface area contributed by atoms with Gasteiger partial charge in [-0.2, -0.15) is 4.31 Å². The molecule has 1 N–H and O–H groups in total. The lowest BCUT2D eigenvalue weighted by molar-refractivity contribution is -0.119. The number of likely N-dealkylation sites (tertiary alicyclic amines) is 1. The lowest BCUT2D eigenvalue weighted by Crippen LogP contribution is -2.43. The Morgan fingerprint density at radius 3 is 2.65 bits per heavy atom. The van der Waals surface area contributed by atoms with Gasteiger partial charge in [-0.3, -0.25) is 9.59 Å². The van der Waals surface area contributed by atoms with E-state index in [1.165, 1.54) is 27.8 Å². The van der Waals surface area contributed by atoms with Crippen LogP contribution in [-0.4, -0.2) is 68.3 Å². The van der Waals surface area contributed by atoms with E-state index in [0.717, 1.165) is 6.42 Å². The van der Waals surface area contributed by atoms with Gasteiger partial charge in [-0.25, -0.2) is 8.42 Å². The van der Waals surface area contributed by atoms with Gasteiger partial charge in [-0.15, -0.1) is 11.3 Å². The SMILES string of the molecule is O=C(Nc1ccc(Cl)c(S(=O)(=O)N2CCOCC2)c1)[C@@H]1CCCN1C(=O)c1cccs1. The molecule has 0 saturated carbocycles. The summed E-state index contributed by atoms with van der Waals surface area (Å²) in [6.45, 7) is 1.65. The maximum atomic E-state index is 13.0. The van der Waals surface area contributed by atoms with Gasteiger partial charge >= 0.3 is 0 Å². The molecular formula is C20H22ClN3O5S2. The van der Waals surface area contributed by atoms with Gasteiger partial charge in [0.05, 0.1) is 23.1 Å². The van der Waals surface area contributed by atoms with Crippen LogP contribution in [0.15, 0.2) is 40.6 Å². The number of anilines is 1. The van der Waals surface area contributed by atoms with Crippen molar-refractivity contribution in [1.82, 2.24) is 9.21 Å². The second kappa shape index (κ2) is 9.25. The minimum atomic E-state index is -3.82. The number of thiophene rings is 1. The quantitative estimate of drug-likeness (QED) is 0.705. The Bertz CT molecular complexity index is 1070. The van der Waals surface area contributed by atoms with Crippen molar-refractivity contribution in [2.75, 3.05) is 38.2 Å². The third kappa shape index (κ3) is 4.63. The van der Waals surface area contributed by atoms with E-state index >= 15 is 0 Å². The van der Waals surface area contributed by atoms with E-state index in [1.54, 1.807) is 23.1 Å². The van der Waals surface area contributed by atoms with E-state index in [4.69, 9.17) is 16.3 Å². The first-order valence-electron chi connectivity index (χ1n) is 9.91. The lowest BCUT2D eigenvalue weighted by Gasteiger charge is -2.27. The Morgan fingerprint density at radius 1 is 1.16 bits per heavy atom. The maximum Gasteiger partial charge on any atom is 0.264 e. The van der Waals surface area contributed by atoms with Crippen LogP contribution in [0.3, 0.4) is 0 Å². The molecule has 2 fully saturated rings. The van der Waals surface area contributed by atoms with Gasteiger partial charge in [0.2, 0.25) is 15.9 Å². The number of hydrogen-bond acceptors (Lipinski definition) is 6. The average molecular weight is 484 g/mol. The number of carbonyl (C=O) groups excluding carboxylic acids is 2. The molecule has 0 aliphatic carbocycles. The standard InChI is InChI=1S/C20H22ClN3O5S2/c21-15-6-5-14(13-18(15)31(27,28)23-8-10-29-11-9-23)22-19(25)16-3-1-7-24(16)20(26)17-4-2-12-30-17/h2,4-6,12-13,16H,1,3,7-11H2,(H,22,25)/t16-/m0/s1. The van der Waals surface area contributed by atoms with Crippen LogP contribution in [0.4, 0.5) is 5.69 Å². The summed E-state index contributed by atoms with van der Waals surface area (Å²) in [7, 11) is -3.82. The molecule has 0 bridgehead atoms. The molecule has 166 valence electrons. The predicted octanol–water partition coefficient (Wildman–Crippen LogP) is 2.67. The summed E-state index contributed by atoms with van der Waals surface area (Å²) < 4.78 is 32.5. The topological polar surface area (TPSA) is 96.0 Å². The van der Waals surface area contributed by atoms with Gasteiger partial charge in [0.1, 0.15) is 10.9 Å². The maximum absolute atomic E-state index is 13.0. The highest BCUT2D eigenvalue weighted by Gasteiger charge is 2.35. The van der Waals surface area contributed by atoms with E-state index in [2.05, 4.69) is 5.32 Å². The van der Waals surface area contributed by atoms with E-state index in [-0.39, 0.29) is 34.8 Å². The lowest BCUT2D eigenvalue weighted by atomic mass is 10.2. The summed E-state index contributed by atoms with van der Waals surface area (Å²) in [6.07, 6.45) is 1.28. The minimum Gasteiger partial charge on any atom is -0.379 e. The molecule has 4 rings (SSSR count). The van der Waals surface area contributed by atoms with Gasteiger partial charge in [0.15, 0.2) is 0 Å². The molecule has 1 aromatic carbocycles. The third-order valence-corrected chi connectivity index (χ3v) is 8.57. The van der Waals surface area contributed by atoms with Crippen molar-refractivity contribution in [3.8, 4) is 0 Å². The van der Waals surface area contributed by atoms with Crippen molar-refractivity contribution in [1.29, 1.82) is 0 Å². The fourth-order valence-corrected chi connectivity index (χ4v) is 6.34. The van der Waals surface area contributed by atoms with Crippen LogP contribution < -0.4 is 5.32 Å². The minimum absolute atomic E-state index is 0.0631. The molecule has 31 heavy (non-hydrogen) atoms. The van der Waals surface area contributed by atoms with Crippen molar-refractivity contribution in [2.45, 2.75) is 23.8 Å². The Labute approximate surface area is 189 Å². The zero-order valence-corrected chi connectivity index (χ0v) is 19.0. The number of benzene rings is 1. The Kier molecular flexibility index (Phi) is 6.63. The van der Waals surface area contributed by atoms with Crippen molar-refractivity contribution in [3.63, 3.8) is 0 Å². The molecule has 2 aliphatic rings. The first-order chi connectivity index (χ1) is 14.9. The summed E-state index contributed by atoms with van der Waals surface area (Å²) >= 11 is 7.52. The van der Waals surface area contributed by atoms with Gasteiger partial charge in [0.25, 0.3) is 5.91 Å². The molecule has 8 nitrogen and oxygen atoms in total. The molecule has 11 heteroatoms. The van der Waals surface area contributed by atoms with Crippen LogP contribution in [0.5, 0.6) is 0 Å². The number of ether oxygens (including phenoxy) is 1. The average Bonchev–Trinajstić information content (AvgIpc) is 3.47. The fraction of sp³-hybridized carbons (Fsp3) is 0.400. The van der Waals surface area contributed by atoms with E-state index in [1.807, 2.05) is 5.38 Å². The van der Waals surface area contributed by atoms with Crippen LogP contribution in [0.25, 0.3) is 0 Å². The number of carbonyl (C=O) groups is 2. The largest absolute Gasteiger partial charge is 0.379 e. The molecule has 1 aromatic heterocycles. The Balaban J connectivity index is 1.52. The number of sulfonamides is 1. The van der Waals surface area contributed by atoms with Crippen molar-refractivity contribution >= 4 is 50.5 Å². The number of amides is 2. The fourth-order valence-electron chi connectivity index (χ4n) is 3.75. The molecule has 2 aliphatic heterocycles. The third-order valence-electron chi connectivity index (χ3n) is 5.33. The first-order valence-corrected chi connectivity index (χ1v) is 12.6. The molecule has 2 amide bonds. The summed E-state index contributed by atoms with van der Waals surface area (Å²) in [4.78, 5) is 27.8. The van der Waals surface area contributed by atoms with Gasteiger partial charge in [-0.1, -0.05) is 17.7 Å². The molecular weight excluding hydrogens is 462 g/mol. The normalized spacial score (nSPS) is 20.0. The summed E-state index contributed by atoms with van der Waals surface area (Å²) in [6, 6.07) is 7.30. The van der Waals surface area contributed by atoms with E-state index in [9.17, 15) is 18.0 Å². The van der Waals surface area contributed by atoms with E-state index in [0.29, 0.717) is 36.7 Å². The predicted molar refractivity (Wildman–Crippen MR) is 118 cm³/mol. The highest BCUT2D eigenvalue weighted by atomic mass is 35.5. The molecule has 1 atom stereocenters. The molecule has 3 heterocycles. The van der Waals surface area contributed by atoms with Crippen LogP contribution >= 0.6 is 22.9 Å². The van der Waals surface area contributed by atoms with Gasteiger partial charge < -0.3 is 15.0 Å². The zero-order valence-electron chi connectivity index (χ0n) is 16.6. The van der Waals surface area contributed by atoms with Crippen LogP contribution in [-0.2, 0) is 19.6 Å². The number of hydrogen-bond donors (Lipinski definition) is 1. The molecule has 0 unspecified atom stereocenters. The van der Waals surface area contributed by atoms with Crippen molar-refractivity contribution in [2.24, 2.45) is 0 Å². The zero-order chi connectivity index (χ0) is 22.0. The summed E-state index contributed by atoms with van der Waals surface area (Å²) in [5, 5.41) is 4.67. The van der Waals surface area contributed by atoms with Gasteiger partial charge in [-0.05, 0) is 42.5 Å². The van der Waals surface area contributed by atoms with Crippen LogP contribution in [0.2, 0.25) is 5.02 Å². The van der Waals surface area contributed by atoms with E-state index < -0.39 is 16.1 Å². The highest BCUT2D eigenvalue weighted by Crippen LogP contribution is 2.29. The Hall–Kier alpha value is -1.98. The molecule has 2 saturated heterocycles. The number of morpholine rings is 1. The highest BCUT2D eigenvalue weighted by molar-refractivity contribution is 7.89. The number of nitrogens with zero attached hydrogens (tertiary/aromatic N) is 2. The number of nitrogens with one attached hydrogen (secondary N) is 1. The summed E-state index contributed by atoms with van der Waals surface area (Å²) in [5.41, 5.74) is 0.316. The molecule has 0 radical (unpaired) electrons. The summed E-state index contributed by atoms with van der Waals surface area (Å²) in [5.74, 6) is -0.515. The van der Waals surface area contributed by atoms with Crippen molar-refractivity contribution in [3.05, 3.63) is 45.6 Å². The second-order valence-electron chi connectivity index (χ2n) is 7.28. The first kappa shape index (κ1) is 22.2. The number of halogens is 1. The molecule has 0 spiro atoms. The van der Waals surface area contributed by atoms with Crippen LogP contribution in [0, 0.1) is 0 Å². The smallest absolute Gasteiger partial charge is 0.264 e. The van der Waals surface area contributed by atoms with Crippen molar-refractivity contribution < 1.29 is 22.7 Å². The Morgan fingerprint density at radius 2 is 1.94 bits per heavy atom. The monoisotopic (exact) mass is 483 g/mol. The van der Waals surface area contributed by atoms with Gasteiger partial charge in [0, 0.05) is 25.3 Å². The second-order valence-corrected chi connectivity index (χ2v) is 10.5. The number of rotatable bonds is 5.